The first-order chi connectivity index (χ1) is 13.8. The monoisotopic (exact) mass is 372 g/mol. The molecule has 0 radical (unpaired) electrons. The van der Waals surface area contributed by atoms with E-state index >= 15 is 0 Å². The number of rotatable bonds is 7. The van der Waals surface area contributed by atoms with E-state index in [-0.39, 0.29) is 5.91 Å². The average molecular weight is 372 g/mol. The van der Waals surface area contributed by atoms with Crippen LogP contribution in [0.25, 0.3) is 5.65 Å². The van der Waals surface area contributed by atoms with Gasteiger partial charge in [0.1, 0.15) is 17.3 Å². The number of nitrogens with zero attached hydrogens (tertiary/aromatic N) is 3. The topological polar surface area (TPSA) is 68.5 Å². The lowest BCUT2D eigenvalue weighted by atomic mass is 10.2. The summed E-state index contributed by atoms with van der Waals surface area (Å²) in [7, 11) is 0. The van der Waals surface area contributed by atoms with Crippen LogP contribution in [0.4, 0.5) is 0 Å². The minimum Gasteiger partial charge on any atom is -0.457 e. The molecule has 1 amide bonds. The SMILES string of the molecule is O=C(NCCCc1nnc2ccccn12)c1cccc(Oc2ccccc2)c1. The van der Waals surface area contributed by atoms with Gasteiger partial charge in [0.2, 0.25) is 0 Å². The Bertz CT molecular complexity index is 1080. The van der Waals surface area contributed by atoms with E-state index in [2.05, 4.69) is 15.5 Å². The van der Waals surface area contributed by atoms with Crippen LogP contribution in [0, 0.1) is 0 Å². The van der Waals surface area contributed by atoms with Crippen LogP contribution >= 0.6 is 0 Å². The van der Waals surface area contributed by atoms with Crippen LogP contribution in [0.3, 0.4) is 0 Å². The van der Waals surface area contributed by atoms with E-state index in [0.717, 1.165) is 30.1 Å². The largest absolute Gasteiger partial charge is 0.457 e. The summed E-state index contributed by atoms with van der Waals surface area (Å²) >= 11 is 0. The summed E-state index contributed by atoms with van der Waals surface area (Å²) in [6.07, 6.45) is 3.46. The van der Waals surface area contributed by atoms with Crippen molar-refractivity contribution < 1.29 is 9.53 Å². The molecule has 2 aromatic heterocycles. The fraction of sp³-hybridized carbons (Fsp3) is 0.136. The quantitative estimate of drug-likeness (QED) is 0.500. The van der Waals surface area contributed by atoms with E-state index in [1.54, 1.807) is 12.1 Å². The number of nitrogens with one attached hydrogen (secondary N) is 1. The van der Waals surface area contributed by atoms with Gasteiger partial charge in [-0.25, -0.2) is 0 Å². The summed E-state index contributed by atoms with van der Waals surface area (Å²) in [5.41, 5.74) is 1.40. The number of aryl methyl sites for hydroxylation is 1. The zero-order valence-corrected chi connectivity index (χ0v) is 15.3. The molecule has 0 atom stereocenters. The molecule has 1 N–H and O–H groups in total. The molecule has 6 nitrogen and oxygen atoms in total. The van der Waals surface area contributed by atoms with E-state index in [1.165, 1.54) is 0 Å². The minimum absolute atomic E-state index is 0.121. The number of aromatic nitrogens is 3. The van der Waals surface area contributed by atoms with Crippen LogP contribution in [-0.2, 0) is 6.42 Å². The number of ether oxygens (including phenoxy) is 1. The van der Waals surface area contributed by atoms with Crippen LogP contribution in [0.1, 0.15) is 22.6 Å². The van der Waals surface area contributed by atoms with Gasteiger partial charge in [0.15, 0.2) is 5.65 Å². The zero-order valence-electron chi connectivity index (χ0n) is 15.3. The van der Waals surface area contributed by atoms with Crippen molar-refractivity contribution in [3.63, 3.8) is 0 Å². The summed E-state index contributed by atoms with van der Waals surface area (Å²) in [5, 5.41) is 11.3. The molecule has 0 bridgehead atoms. The van der Waals surface area contributed by atoms with Crippen LogP contribution in [0.2, 0.25) is 0 Å². The molecule has 6 heteroatoms. The molecule has 0 aliphatic carbocycles. The summed E-state index contributed by atoms with van der Waals surface area (Å²) in [5.74, 6) is 2.14. The van der Waals surface area contributed by atoms with Gasteiger partial charge in [-0.05, 0) is 48.9 Å². The van der Waals surface area contributed by atoms with Crippen molar-refractivity contribution in [2.24, 2.45) is 0 Å². The second-order valence-corrected chi connectivity index (χ2v) is 6.35. The molecular weight excluding hydrogens is 352 g/mol. The summed E-state index contributed by atoms with van der Waals surface area (Å²) in [6.45, 7) is 0.560. The first-order valence-corrected chi connectivity index (χ1v) is 9.19. The normalized spacial score (nSPS) is 10.7. The molecule has 0 spiro atoms. The number of carbonyl (C=O) groups excluding carboxylic acids is 1. The van der Waals surface area contributed by atoms with Crippen LogP contribution in [-0.4, -0.2) is 27.0 Å². The Morgan fingerprint density at radius 2 is 1.75 bits per heavy atom. The number of carbonyl (C=O) groups is 1. The minimum atomic E-state index is -0.121. The third-order valence-corrected chi connectivity index (χ3v) is 4.32. The fourth-order valence-electron chi connectivity index (χ4n) is 2.94. The summed E-state index contributed by atoms with van der Waals surface area (Å²) < 4.78 is 7.75. The van der Waals surface area contributed by atoms with Gasteiger partial charge in [-0.2, -0.15) is 0 Å². The molecule has 0 fully saturated rings. The highest BCUT2D eigenvalue weighted by molar-refractivity contribution is 5.94. The standard InChI is InChI=1S/C22H20N4O2/c27-22(17-8-6-11-19(16-17)28-18-9-2-1-3-10-18)23-14-7-13-21-25-24-20-12-4-5-15-26(20)21/h1-6,8-12,15-16H,7,13-14H2,(H,23,27). The smallest absolute Gasteiger partial charge is 0.251 e. The fourth-order valence-corrected chi connectivity index (χ4v) is 2.94. The molecule has 0 saturated carbocycles. The Hall–Kier alpha value is -3.67. The van der Waals surface area contributed by atoms with Crippen molar-refractivity contribution in [2.45, 2.75) is 12.8 Å². The lowest BCUT2D eigenvalue weighted by Gasteiger charge is -2.08. The maximum absolute atomic E-state index is 12.4. The number of pyridine rings is 1. The highest BCUT2D eigenvalue weighted by Crippen LogP contribution is 2.21. The van der Waals surface area contributed by atoms with Gasteiger partial charge in [0.25, 0.3) is 5.91 Å². The second kappa shape index (κ2) is 8.35. The van der Waals surface area contributed by atoms with E-state index in [4.69, 9.17) is 4.74 Å². The van der Waals surface area contributed by atoms with Gasteiger partial charge in [-0.3, -0.25) is 9.20 Å². The summed E-state index contributed by atoms with van der Waals surface area (Å²) in [6, 6.07) is 22.5. The van der Waals surface area contributed by atoms with Crippen LogP contribution in [0.15, 0.2) is 79.0 Å². The van der Waals surface area contributed by atoms with Gasteiger partial charge >= 0.3 is 0 Å². The maximum atomic E-state index is 12.4. The third-order valence-electron chi connectivity index (χ3n) is 4.32. The van der Waals surface area contributed by atoms with Crippen molar-refractivity contribution in [3.05, 3.63) is 90.4 Å². The maximum Gasteiger partial charge on any atom is 0.251 e. The molecule has 4 rings (SSSR count). The predicted octanol–water partition coefficient (Wildman–Crippen LogP) is 3.88. The third kappa shape index (κ3) is 4.17. The average Bonchev–Trinajstić information content (AvgIpc) is 3.15. The zero-order chi connectivity index (χ0) is 19.2. The number of fused-ring (bicyclic) bond motifs is 1. The second-order valence-electron chi connectivity index (χ2n) is 6.35. The highest BCUT2D eigenvalue weighted by Gasteiger charge is 2.08. The molecule has 2 heterocycles. The Labute approximate surface area is 162 Å². The first-order valence-electron chi connectivity index (χ1n) is 9.19. The number of hydrogen-bond acceptors (Lipinski definition) is 4. The molecule has 2 aromatic carbocycles. The van der Waals surface area contributed by atoms with Gasteiger partial charge in [0, 0.05) is 24.7 Å². The molecule has 0 aliphatic heterocycles. The predicted molar refractivity (Wildman–Crippen MR) is 107 cm³/mol. The Morgan fingerprint density at radius 1 is 0.929 bits per heavy atom. The van der Waals surface area contributed by atoms with Crippen molar-refractivity contribution >= 4 is 11.6 Å². The Kier molecular flexibility index (Phi) is 5.29. The van der Waals surface area contributed by atoms with Crippen molar-refractivity contribution in [1.82, 2.24) is 19.9 Å². The van der Waals surface area contributed by atoms with Gasteiger partial charge in [0.05, 0.1) is 0 Å². The highest BCUT2D eigenvalue weighted by atomic mass is 16.5. The van der Waals surface area contributed by atoms with Gasteiger partial charge in [-0.15, -0.1) is 10.2 Å². The Balaban J connectivity index is 1.31. The Morgan fingerprint density at radius 3 is 2.64 bits per heavy atom. The number of benzene rings is 2. The molecule has 0 saturated heterocycles. The lowest BCUT2D eigenvalue weighted by Crippen LogP contribution is -2.24. The molecule has 140 valence electrons. The lowest BCUT2D eigenvalue weighted by molar-refractivity contribution is 0.0953. The van der Waals surface area contributed by atoms with E-state index < -0.39 is 0 Å². The van der Waals surface area contributed by atoms with Crippen molar-refractivity contribution in [2.75, 3.05) is 6.54 Å². The van der Waals surface area contributed by atoms with Crippen LogP contribution < -0.4 is 10.1 Å². The first kappa shape index (κ1) is 17.7. The van der Waals surface area contributed by atoms with E-state index in [1.807, 2.05) is 71.3 Å². The van der Waals surface area contributed by atoms with Crippen LogP contribution in [0.5, 0.6) is 11.5 Å². The molecule has 0 unspecified atom stereocenters. The van der Waals surface area contributed by atoms with Gasteiger partial charge in [-0.1, -0.05) is 30.3 Å². The van der Waals surface area contributed by atoms with E-state index in [0.29, 0.717) is 17.9 Å². The molecule has 4 aromatic rings. The number of hydrogen-bond donors (Lipinski definition) is 1. The summed E-state index contributed by atoms with van der Waals surface area (Å²) in [4.78, 5) is 12.4. The molecule has 0 aliphatic rings. The number of amides is 1. The number of para-hydroxylation sites is 1. The van der Waals surface area contributed by atoms with Crippen molar-refractivity contribution in [3.8, 4) is 11.5 Å². The molecular formula is C22H20N4O2. The van der Waals surface area contributed by atoms with Gasteiger partial charge < -0.3 is 10.1 Å². The van der Waals surface area contributed by atoms with Crippen molar-refractivity contribution in [1.29, 1.82) is 0 Å². The van der Waals surface area contributed by atoms with E-state index in [9.17, 15) is 4.79 Å². The molecule has 28 heavy (non-hydrogen) atoms.